The number of fused-ring (bicyclic) bond motifs is 1. The van der Waals surface area contributed by atoms with E-state index in [1.165, 1.54) is 11.1 Å². The maximum absolute atomic E-state index is 13.4. The van der Waals surface area contributed by atoms with Gasteiger partial charge in [0, 0.05) is 44.5 Å². The molecule has 158 valence electrons. The third kappa shape index (κ3) is 4.24. The zero-order valence-electron chi connectivity index (χ0n) is 18.4. The van der Waals surface area contributed by atoms with E-state index >= 15 is 0 Å². The number of pyridine rings is 1. The molecule has 1 aromatic carbocycles. The fraction of sp³-hybridized carbons (Fsp3) is 0.458. The molecule has 0 saturated carbocycles. The number of nitrogens with zero attached hydrogens (tertiary/aromatic N) is 5. The summed E-state index contributed by atoms with van der Waals surface area (Å²) in [6.45, 7) is 12.6. The highest BCUT2D eigenvalue weighted by Crippen LogP contribution is 2.23. The summed E-state index contributed by atoms with van der Waals surface area (Å²) in [6, 6.07) is 10.8. The van der Waals surface area contributed by atoms with Gasteiger partial charge in [-0.25, -0.2) is 9.67 Å². The molecule has 6 nitrogen and oxygen atoms in total. The van der Waals surface area contributed by atoms with Crippen LogP contribution >= 0.6 is 0 Å². The van der Waals surface area contributed by atoms with E-state index < -0.39 is 0 Å². The van der Waals surface area contributed by atoms with E-state index in [1.54, 1.807) is 6.20 Å². The predicted molar refractivity (Wildman–Crippen MR) is 120 cm³/mol. The third-order valence-corrected chi connectivity index (χ3v) is 5.82. The molecule has 0 aliphatic carbocycles. The second-order valence-electron chi connectivity index (χ2n) is 8.64. The van der Waals surface area contributed by atoms with Gasteiger partial charge in [-0.2, -0.15) is 5.10 Å². The van der Waals surface area contributed by atoms with Gasteiger partial charge in [-0.3, -0.25) is 9.69 Å². The average Bonchev–Trinajstić information content (AvgIpc) is 3.00. The van der Waals surface area contributed by atoms with Gasteiger partial charge in [0.2, 0.25) is 0 Å². The van der Waals surface area contributed by atoms with E-state index in [0.29, 0.717) is 0 Å². The Labute approximate surface area is 178 Å². The van der Waals surface area contributed by atoms with Gasteiger partial charge in [-0.1, -0.05) is 29.8 Å². The second kappa shape index (κ2) is 8.56. The quantitative estimate of drug-likeness (QED) is 0.659. The predicted octanol–water partition coefficient (Wildman–Crippen LogP) is 3.98. The lowest BCUT2D eigenvalue weighted by atomic mass is 10.1. The first kappa shape index (κ1) is 20.5. The van der Waals surface area contributed by atoms with E-state index in [0.717, 1.165) is 61.4 Å². The Balaban J connectivity index is 1.51. The van der Waals surface area contributed by atoms with Crippen molar-refractivity contribution in [3.8, 4) is 0 Å². The molecule has 0 spiro atoms. The highest BCUT2D eigenvalue weighted by molar-refractivity contribution is 6.05. The maximum atomic E-state index is 13.4. The summed E-state index contributed by atoms with van der Waals surface area (Å²) in [5.41, 5.74) is 4.98. The standard InChI is InChI=1S/C24H31N5O/c1-17(2)29-23-22(15-25-29)21(14-19(4)26-23)24(30)28-11-5-10-27(12-13-28)16-20-8-6-18(3)7-9-20/h6-9,14-15,17H,5,10-13,16H2,1-4H3. The monoisotopic (exact) mass is 405 g/mol. The van der Waals surface area contributed by atoms with Crippen molar-refractivity contribution in [1.82, 2.24) is 24.6 Å². The second-order valence-corrected chi connectivity index (χ2v) is 8.64. The first-order valence-electron chi connectivity index (χ1n) is 10.8. The van der Waals surface area contributed by atoms with Crippen LogP contribution in [0.2, 0.25) is 0 Å². The largest absolute Gasteiger partial charge is 0.337 e. The lowest BCUT2D eigenvalue weighted by Crippen LogP contribution is -2.35. The molecule has 4 rings (SSSR count). The van der Waals surface area contributed by atoms with Gasteiger partial charge in [-0.05, 0) is 45.7 Å². The zero-order chi connectivity index (χ0) is 21.3. The molecule has 1 fully saturated rings. The number of amides is 1. The molecule has 3 heterocycles. The number of benzene rings is 1. The number of aromatic nitrogens is 3. The van der Waals surface area contributed by atoms with Crippen molar-refractivity contribution in [2.75, 3.05) is 26.2 Å². The number of carbonyl (C=O) groups is 1. The summed E-state index contributed by atoms with van der Waals surface area (Å²) in [6.07, 6.45) is 2.77. The van der Waals surface area contributed by atoms with Crippen molar-refractivity contribution in [3.63, 3.8) is 0 Å². The molecule has 1 amide bonds. The van der Waals surface area contributed by atoms with Crippen LogP contribution in [0.25, 0.3) is 11.0 Å². The Morgan fingerprint density at radius 2 is 1.83 bits per heavy atom. The highest BCUT2D eigenvalue weighted by atomic mass is 16.2. The summed E-state index contributed by atoms with van der Waals surface area (Å²) in [5, 5.41) is 5.33. The summed E-state index contributed by atoms with van der Waals surface area (Å²) in [5.74, 6) is 0.0889. The van der Waals surface area contributed by atoms with Crippen molar-refractivity contribution >= 4 is 16.9 Å². The Hall–Kier alpha value is -2.73. The van der Waals surface area contributed by atoms with Crippen LogP contribution in [0.4, 0.5) is 0 Å². The van der Waals surface area contributed by atoms with E-state index in [1.807, 2.05) is 22.6 Å². The Morgan fingerprint density at radius 3 is 2.57 bits per heavy atom. The molecule has 1 aliphatic heterocycles. The van der Waals surface area contributed by atoms with E-state index in [4.69, 9.17) is 0 Å². The molecule has 0 unspecified atom stereocenters. The van der Waals surface area contributed by atoms with Crippen molar-refractivity contribution in [2.24, 2.45) is 0 Å². The topological polar surface area (TPSA) is 54.3 Å². The van der Waals surface area contributed by atoms with Crippen molar-refractivity contribution in [2.45, 2.75) is 46.7 Å². The Morgan fingerprint density at radius 1 is 1.07 bits per heavy atom. The van der Waals surface area contributed by atoms with Crippen LogP contribution in [0.5, 0.6) is 0 Å². The minimum Gasteiger partial charge on any atom is -0.337 e. The molecule has 2 aromatic heterocycles. The van der Waals surface area contributed by atoms with Gasteiger partial charge in [0.05, 0.1) is 17.1 Å². The number of hydrogen-bond donors (Lipinski definition) is 0. The fourth-order valence-electron chi connectivity index (χ4n) is 4.15. The fourth-order valence-corrected chi connectivity index (χ4v) is 4.15. The minimum absolute atomic E-state index is 0.0889. The molecular formula is C24H31N5O. The maximum Gasteiger partial charge on any atom is 0.254 e. The van der Waals surface area contributed by atoms with Crippen LogP contribution in [0.3, 0.4) is 0 Å². The highest BCUT2D eigenvalue weighted by Gasteiger charge is 2.24. The number of hydrogen-bond acceptors (Lipinski definition) is 4. The molecule has 30 heavy (non-hydrogen) atoms. The molecule has 0 N–H and O–H groups in total. The number of aryl methyl sites for hydroxylation is 2. The average molecular weight is 406 g/mol. The van der Waals surface area contributed by atoms with Crippen molar-refractivity contribution in [3.05, 3.63) is 58.9 Å². The molecule has 0 bridgehead atoms. The van der Waals surface area contributed by atoms with Crippen LogP contribution in [0, 0.1) is 13.8 Å². The summed E-state index contributed by atoms with van der Waals surface area (Å²) < 4.78 is 1.89. The van der Waals surface area contributed by atoms with Crippen LogP contribution in [0.15, 0.2) is 36.5 Å². The Bertz CT molecular complexity index is 1040. The van der Waals surface area contributed by atoms with E-state index in [9.17, 15) is 4.79 Å². The Kier molecular flexibility index (Phi) is 5.86. The molecule has 0 radical (unpaired) electrons. The zero-order valence-corrected chi connectivity index (χ0v) is 18.4. The first-order valence-corrected chi connectivity index (χ1v) is 10.8. The van der Waals surface area contributed by atoms with E-state index in [2.05, 4.69) is 60.0 Å². The lowest BCUT2D eigenvalue weighted by molar-refractivity contribution is 0.0763. The van der Waals surface area contributed by atoms with Crippen LogP contribution < -0.4 is 0 Å². The summed E-state index contributed by atoms with van der Waals surface area (Å²) >= 11 is 0. The lowest BCUT2D eigenvalue weighted by Gasteiger charge is -2.22. The van der Waals surface area contributed by atoms with Gasteiger partial charge in [0.15, 0.2) is 5.65 Å². The minimum atomic E-state index is 0.0889. The van der Waals surface area contributed by atoms with Crippen molar-refractivity contribution in [1.29, 1.82) is 0 Å². The van der Waals surface area contributed by atoms with Crippen LogP contribution in [-0.2, 0) is 6.54 Å². The number of rotatable bonds is 4. The number of carbonyl (C=O) groups excluding carboxylic acids is 1. The molecule has 0 atom stereocenters. The molecule has 3 aromatic rings. The van der Waals surface area contributed by atoms with Gasteiger partial charge < -0.3 is 4.90 Å². The first-order chi connectivity index (χ1) is 14.4. The van der Waals surface area contributed by atoms with Crippen LogP contribution in [0.1, 0.15) is 53.5 Å². The molecular weight excluding hydrogens is 374 g/mol. The van der Waals surface area contributed by atoms with Gasteiger partial charge >= 0.3 is 0 Å². The van der Waals surface area contributed by atoms with E-state index in [-0.39, 0.29) is 11.9 Å². The summed E-state index contributed by atoms with van der Waals surface area (Å²) in [7, 11) is 0. The normalized spacial score (nSPS) is 15.7. The van der Waals surface area contributed by atoms with Gasteiger partial charge in [0.25, 0.3) is 5.91 Å². The van der Waals surface area contributed by atoms with Gasteiger partial charge in [0.1, 0.15) is 0 Å². The van der Waals surface area contributed by atoms with Crippen molar-refractivity contribution < 1.29 is 4.79 Å². The summed E-state index contributed by atoms with van der Waals surface area (Å²) in [4.78, 5) is 22.5. The van der Waals surface area contributed by atoms with Crippen LogP contribution in [-0.4, -0.2) is 56.7 Å². The SMILES string of the molecule is Cc1ccc(CN2CCCN(C(=O)c3cc(C)nc4c3cnn4C(C)C)CC2)cc1. The molecule has 6 heteroatoms. The van der Waals surface area contributed by atoms with Gasteiger partial charge in [-0.15, -0.1) is 0 Å². The molecule has 1 aliphatic rings. The smallest absolute Gasteiger partial charge is 0.254 e. The third-order valence-electron chi connectivity index (χ3n) is 5.82. The molecule has 1 saturated heterocycles.